The van der Waals surface area contributed by atoms with Crippen LogP contribution in [0.2, 0.25) is 0 Å². The van der Waals surface area contributed by atoms with Crippen molar-refractivity contribution in [2.75, 3.05) is 6.61 Å². The third-order valence-corrected chi connectivity index (χ3v) is 2.68. The van der Waals surface area contributed by atoms with Gasteiger partial charge < -0.3 is 9.84 Å². The first kappa shape index (κ1) is 13.1. The minimum Gasteiger partial charge on any atom is -0.504 e. The van der Waals surface area contributed by atoms with Crippen molar-refractivity contribution >= 4 is 6.21 Å². The van der Waals surface area contributed by atoms with Crippen molar-refractivity contribution in [3.05, 3.63) is 59.7 Å². The zero-order valence-corrected chi connectivity index (χ0v) is 10.9. The Hall–Kier alpha value is -2.29. The Kier molecular flexibility index (Phi) is 4.56. The van der Waals surface area contributed by atoms with Crippen LogP contribution in [-0.2, 0) is 6.54 Å². The molecule has 0 aliphatic carbocycles. The van der Waals surface area contributed by atoms with Gasteiger partial charge in [-0.3, -0.25) is 4.99 Å². The molecule has 0 radical (unpaired) electrons. The van der Waals surface area contributed by atoms with E-state index in [4.69, 9.17) is 4.74 Å². The van der Waals surface area contributed by atoms with Crippen LogP contribution in [0.3, 0.4) is 0 Å². The van der Waals surface area contributed by atoms with Crippen LogP contribution in [-0.4, -0.2) is 17.9 Å². The molecule has 19 heavy (non-hydrogen) atoms. The quantitative estimate of drug-likeness (QED) is 0.832. The van der Waals surface area contributed by atoms with Crippen molar-refractivity contribution in [3.63, 3.8) is 0 Å². The predicted molar refractivity (Wildman–Crippen MR) is 77.0 cm³/mol. The van der Waals surface area contributed by atoms with Gasteiger partial charge in [0.15, 0.2) is 11.5 Å². The SMILES string of the molecule is CCOc1cccc(C=NCc2ccccc2)c1O. The average molecular weight is 255 g/mol. The Bertz CT molecular complexity index is 550. The molecule has 2 aromatic rings. The summed E-state index contributed by atoms with van der Waals surface area (Å²) in [5, 5.41) is 10.0. The molecule has 0 fully saturated rings. The van der Waals surface area contributed by atoms with E-state index in [9.17, 15) is 5.11 Å². The van der Waals surface area contributed by atoms with Gasteiger partial charge in [0, 0.05) is 11.8 Å². The summed E-state index contributed by atoms with van der Waals surface area (Å²) in [4.78, 5) is 4.33. The zero-order valence-electron chi connectivity index (χ0n) is 10.9. The number of phenolic OH excluding ortho intramolecular Hbond substituents is 1. The Labute approximate surface area is 113 Å². The number of para-hydroxylation sites is 1. The Morgan fingerprint density at radius 3 is 2.63 bits per heavy atom. The van der Waals surface area contributed by atoms with Crippen LogP contribution in [0.15, 0.2) is 53.5 Å². The fourth-order valence-corrected chi connectivity index (χ4v) is 1.75. The summed E-state index contributed by atoms with van der Waals surface area (Å²) in [6.45, 7) is 3.01. The molecule has 0 amide bonds. The van der Waals surface area contributed by atoms with Crippen molar-refractivity contribution in [1.29, 1.82) is 0 Å². The van der Waals surface area contributed by atoms with Crippen molar-refractivity contribution in [3.8, 4) is 11.5 Å². The minimum absolute atomic E-state index is 0.140. The van der Waals surface area contributed by atoms with Gasteiger partial charge in [-0.2, -0.15) is 0 Å². The summed E-state index contributed by atoms with van der Waals surface area (Å²) in [6, 6.07) is 15.4. The molecule has 2 aromatic carbocycles. The number of benzene rings is 2. The van der Waals surface area contributed by atoms with Crippen LogP contribution in [0.4, 0.5) is 0 Å². The molecule has 3 nitrogen and oxygen atoms in total. The number of ether oxygens (including phenoxy) is 1. The summed E-state index contributed by atoms with van der Waals surface area (Å²) in [7, 11) is 0. The van der Waals surface area contributed by atoms with Gasteiger partial charge in [-0.1, -0.05) is 36.4 Å². The highest BCUT2D eigenvalue weighted by atomic mass is 16.5. The van der Waals surface area contributed by atoms with Crippen LogP contribution in [0.25, 0.3) is 0 Å². The number of rotatable bonds is 5. The predicted octanol–water partition coefficient (Wildman–Crippen LogP) is 3.41. The van der Waals surface area contributed by atoms with Crippen LogP contribution in [0.1, 0.15) is 18.1 Å². The lowest BCUT2D eigenvalue weighted by Crippen LogP contribution is -1.94. The third kappa shape index (κ3) is 3.58. The third-order valence-electron chi connectivity index (χ3n) is 2.68. The molecule has 1 N–H and O–H groups in total. The van der Waals surface area contributed by atoms with Crippen molar-refractivity contribution in [2.45, 2.75) is 13.5 Å². The van der Waals surface area contributed by atoms with Gasteiger partial charge >= 0.3 is 0 Å². The maximum Gasteiger partial charge on any atom is 0.166 e. The van der Waals surface area contributed by atoms with Gasteiger partial charge in [-0.25, -0.2) is 0 Å². The van der Waals surface area contributed by atoms with E-state index in [0.717, 1.165) is 5.56 Å². The normalized spacial score (nSPS) is 10.8. The molecule has 0 heterocycles. The number of hydrogen-bond acceptors (Lipinski definition) is 3. The summed E-state index contributed by atoms with van der Waals surface area (Å²) < 4.78 is 5.33. The Morgan fingerprint density at radius 2 is 1.89 bits per heavy atom. The second-order valence-corrected chi connectivity index (χ2v) is 4.08. The van der Waals surface area contributed by atoms with E-state index in [1.165, 1.54) is 0 Å². The van der Waals surface area contributed by atoms with Gasteiger partial charge in [-0.05, 0) is 24.6 Å². The molecular formula is C16H17NO2. The van der Waals surface area contributed by atoms with Crippen LogP contribution < -0.4 is 4.74 Å². The summed E-state index contributed by atoms with van der Waals surface area (Å²) in [5.41, 5.74) is 1.81. The maximum atomic E-state index is 10.0. The molecule has 98 valence electrons. The molecule has 0 saturated carbocycles. The molecule has 0 spiro atoms. The lowest BCUT2D eigenvalue weighted by Gasteiger charge is -2.07. The van der Waals surface area contributed by atoms with Crippen LogP contribution in [0, 0.1) is 0 Å². The van der Waals surface area contributed by atoms with Crippen molar-refractivity contribution < 1.29 is 9.84 Å². The zero-order chi connectivity index (χ0) is 13.5. The van der Waals surface area contributed by atoms with E-state index < -0.39 is 0 Å². The standard InChI is InChI=1S/C16H17NO2/c1-2-19-15-10-6-9-14(16(15)18)12-17-11-13-7-4-3-5-8-13/h3-10,12,18H,2,11H2,1H3. The van der Waals surface area contributed by atoms with Gasteiger partial charge in [0.05, 0.1) is 13.2 Å². The Morgan fingerprint density at radius 1 is 1.11 bits per heavy atom. The van der Waals surface area contributed by atoms with Gasteiger partial charge in [0.25, 0.3) is 0 Å². The summed E-state index contributed by atoms with van der Waals surface area (Å²) in [6.07, 6.45) is 1.67. The van der Waals surface area contributed by atoms with Crippen LogP contribution >= 0.6 is 0 Å². The smallest absolute Gasteiger partial charge is 0.166 e. The number of phenols is 1. The van der Waals surface area contributed by atoms with E-state index in [2.05, 4.69) is 4.99 Å². The topological polar surface area (TPSA) is 41.8 Å². The highest BCUT2D eigenvalue weighted by Crippen LogP contribution is 2.28. The van der Waals surface area contributed by atoms with E-state index >= 15 is 0 Å². The molecule has 0 aliphatic heterocycles. The fourth-order valence-electron chi connectivity index (χ4n) is 1.75. The number of nitrogens with zero attached hydrogens (tertiary/aromatic N) is 1. The molecule has 0 unspecified atom stereocenters. The summed E-state index contributed by atoms with van der Waals surface area (Å²) in [5.74, 6) is 0.632. The second-order valence-electron chi connectivity index (χ2n) is 4.08. The number of aliphatic imine (C=N–C) groups is 1. The first-order chi connectivity index (χ1) is 9.31. The molecule has 0 saturated heterocycles. The number of hydrogen-bond donors (Lipinski definition) is 1. The molecule has 0 atom stereocenters. The lowest BCUT2D eigenvalue weighted by atomic mass is 10.2. The van der Waals surface area contributed by atoms with Crippen LogP contribution in [0.5, 0.6) is 11.5 Å². The van der Waals surface area contributed by atoms with E-state index in [1.54, 1.807) is 12.3 Å². The molecule has 0 aliphatic rings. The highest BCUT2D eigenvalue weighted by Gasteiger charge is 2.05. The molecule has 0 aromatic heterocycles. The van der Waals surface area contributed by atoms with Gasteiger partial charge in [0.2, 0.25) is 0 Å². The van der Waals surface area contributed by atoms with E-state index in [0.29, 0.717) is 24.5 Å². The van der Waals surface area contributed by atoms with Gasteiger partial charge in [-0.15, -0.1) is 0 Å². The van der Waals surface area contributed by atoms with Gasteiger partial charge in [0.1, 0.15) is 0 Å². The molecular weight excluding hydrogens is 238 g/mol. The number of aromatic hydroxyl groups is 1. The largest absolute Gasteiger partial charge is 0.504 e. The van der Waals surface area contributed by atoms with E-state index in [-0.39, 0.29) is 5.75 Å². The molecule has 2 rings (SSSR count). The average Bonchev–Trinajstić information content (AvgIpc) is 2.44. The first-order valence-electron chi connectivity index (χ1n) is 6.29. The summed E-state index contributed by atoms with van der Waals surface area (Å²) >= 11 is 0. The van der Waals surface area contributed by atoms with Crippen molar-refractivity contribution in [2.24, 2.45) is 4.99 Å². The highest BCUT2D eigenvalue weighted by molar-refractivity contribution is 5.84. The second kappa shape index (κ2) is 6.59. The lowest BCUT2D eigenvalue weighted by molar-refractivity contribution is 0.318. The first-order valence-corrected chi connectivity index (χ1v) is 6.29. The molecule has 0 bridgehead atoms. The monoisotopic (exact) mass is 255 g/mol. The molecule has 3 heteroatoms. The van der Waals surface area contributed by atoms with E-state index in [1.807, 2.05) is 49.4 Å². The minimum atomic E-state index is 0.140. The van der Waals surface area contributed by atoms with Crippen molar-refractivity contribution in [1.82, 2.24) is 0 Å². The maximum absolute atomic E-state index is 10.0. The Balaban J connectivity index is 2.08. The fraction of sp³-hybridized carbons (Fsp3) is 0.188.